The standard InChI is InChI=1S/C15H20ClN3O2/c1-3-7-12(20-4-2)14-18-15(21-19-14)13(17)10-8-5-6-9-11(10)16/h5-6,8-9,12-13H,3-4,7,17H2,1-2H3/t12?,13-/m1/s1. The quantitative estimate of drug-likeness (QED) is 0.845. The van der Waals surface area contributed by atoms with Gasteiger partial charge in [0.25, 0.3) is 0 Å². The molecule has 114 valence electrons. The first kappa shape index (κ1) is 15.9. The van der Waals surface area contributed by atoms with E-state index in [4.69, 9.17) is 26.6 Å². The van der Waals surface area contributed by atoms with Crippen molar-refractivity contribution in [3.63, 3.8) is 0 Å². The summed E-state index contributed by atoms with van der Waals surface area (Å²) >= 11 is 6.14. The van der Waals surface area contributed by atoms with Gasteiger partial charge in [-0.1, -0.05) is 48.3 Å². The molecule has 0 spiro atoms. The molecule has 0 bridgehead atoms. The van der Waals surface area contributed by atoms with E-state index in [-0.39, 0.29) is 6.10 Å². The molecule has 1 heterocycles. The van der Waals surface area contributed by atoms with Gasteiger partial charge in [-0.3, -0.25) is 0 Å². The molecule has 1 aromatic carbocycles. The Balaban J connectivity index is 2.20. The molecule has 2 atom stereocenters. The zero-order valence-electron chi connectivity index (χ0n) is 12.3. The van der Waals surface area contributed by atoms with Crippen molar-refractivity contribution in [1.29, 1.82) is 0 Å². The Morgan fingerprint density at radius 1 is 1.33 bits per heavy atom. The van der Waals surface area contributed by atoms with Gasteiger partial charge < -0.3 is 15.0 Å². The van der Waals surface area contributed by atoms with Gasteiger partial charge in [0.1, 0.15) is 12.1 Å². The minimum Gasteiger partial charge on any atom is -0.370 e. The summed E-state index contributed by atoms with van der Waals surface area (Å²) in [4.78, 5) is 4.38. The van der Waals surface area contributed by atoms with Gasteiger partial charge in [0, 0.05) is 11.6 Å². The molecule has 2 N–H and O–H groups in total. The Hall–Kier alpha value is -1.43. The van der Waals surface area contributed by atoms with E-state index in [1.165, 1.54) is 0 Å². The molecule has 0 fully saturated rings. The predicted molar refractivity (Wildman–Crippen MR) is 81.1 cm³/mol. The maximum Gasteiger partial charge on any atom is 0.248 e. The van der Waals surface area contributed by atoms with Gasteiger partial charge in [0.15, 0.2) is 0 Å². The van der Waals surface area contributed by atoms with Crippen LogP contribution in [0.2, 0.25) is 5.02 Å². The van der Waals surface area contributed by atoms with Crippen molar-refractivity contribution < 1.29 is 9.26 Å². The fourth-order valence-electron chi connectivity index (χ4n) is 2.12. The minimum absolute atomic E-state index is 0.157. The SMILES string of the molecule is CCCC(OCC)c1noc([C@H](N)c2ccccc2Cl)n1. The lowest BCUT2D eigenvalue weighted by Crippen LogP contribution is -2.13. The number of ether oxygens (including phenoxy) is 1. The highest BCUT2D eigenvalue weighted by molar-refractivity contribution is 6.31. The normalized spacial score (nSPS) is 14.1. The van der Waals surface area contributed by atoms with E-state index in [0.717, 1.165) is 18.4 Å². The van der Waals surface area contributed by atoms with Crippen LogP contribution in [0.4, 0.5) is 0 Å². The van der Waals surface area contributed by atoms with Crippen molar-refractivity contribution in [2.45, 2.75) is 38.8 Å². The maximum atomic E-state index is 6.16. The fourth-order valence-corrected chi connectivity index (χ4v) is 2.37. The highest BCUT2D eigenvalue weighted by Gasteiger charge is 2.23. The topological polar surface area (TPSA) is 74.2 Å². The van der Waals surface area contributed by atoms with Gasteiger partial charge in [-0.15, -0.1) is 0 Å². The summed E-state index contributed by atoms with van der Waals surface area (Å²) in [5.74, 6) is 0.884. The van der Waals surface area contributed by atoms with Crippen molar-refractivity contribution in [1.82, 2.24) is 10.1 Å². The number of hydrogen-bond acceptors (Lipinski definition) is 5. The lowest BCUT2D eigenvalue weighted by molar-refractivity contribution is 0.0477. The van der Waals surface area contributed by atoms with Crippen LogP contribution in [0.3, 0.4) is 0 Å². The van der Waals surface area contributed by atoms with Crippen molar-refractivity contribution in [2.24, 2.45) is 5.73 Å². The molecule has 6 heteroatoms. The molecule has 0 saturated heterocycles. The zero-order valence-corrected chi connectivity index (χ0v) is 13.0. The second kappa shape index (κ2) is 7.54. The second-order valence-corrected chi connectivity index (χ2v) is 5.13. The smallest absolute Gasteiger partial charge is 0.248 e. The predicted octanol–water partition coefficient (Wildman–Crippen LogP) is 3.65. The zero-order chi connectivity index (χ0) is 15.2. The van der Waals surface area contributed by atoms with E-state index in [0.29, 0.717) is 23.3 Å². The van der Waals surface area contributed by atoms with E-state index in [1.807, 2.05) is 25.1 Å². The Morgan fingerprint density at radius 2 is 2.10 bits per heavy atom. The third-order valence-electron chi connectivity index (χ3n) is 3.17. The number of rotatable bonds is 7. The largest absolute Gasteiger partial charge is 0.370 e. The molecule has 0 saturated carbocycles. The number of benzene rings is 1. The van der Waals surface area contributed by atoms with Gasteiger partial charge in [-0.25, -0.2) is 0 Å². The van der Waals surface area contributed by atoms with E-state index < -0.39 is 6.04 Å². The molecule has 0 aliphatic carbocycles. The van der Waals surface area contributed by atoms with Crippen LogP contribution < -0.4 is 5.73 Å². The Bertz CT molecular complexity index is 568. The molecule has 0 radical (unpaired) electrons. The number of hydrogen-bond donors (Lipinski definition) is 1. The fraction of sp³-hybridized carbons (Fsp3) is 0.467. The average molecular weight is 310 g/mol. The molecule has 2 aromatic rings. The van der Waals surface area contributed by atoms with Crippen LogP contribution in [0, 0.1) is 0 Å². The summed E-state index contributed by atoms with van der Waals surface area (Å²) < 4.78 is 10.9. The molecular weight excluding hydrogens is 290 g/mol. The lowest BCUT2D eigenvalue weighted by atomic mass is 10.1. The van der Waals surface area contributed by atoms with Gasteiger partial charge in [0.2, 0.25) is 11.7 Å². The van der Waals surface area contributed by atoms with Crippen molar-refractivity contribution in [3.8, 4) is 0 Å². The molecule has 2 rings (SSSR count). The first-order chi connectivity index (χ1) is 10.2. The molecule has 0 aliphatic heterocycles. The van der Waals surface area contributed by atoms with Crippen LogP contribution in [0.15, 0.2) is 28.8 Å². The lowest BCUT2D eigenvalue weighted by Gasteiger charge is -2.11. The highest BCUT2D eigenvalue weighted by Crippen LogP contribution is 2.27. The van der Waals surface area contributed by atoms with Crippen LogP contribution in [-0.2, 0) is 4.74 Å². The van der Waals surface area contributed by atoms with E-state index in [2.05, 4.69) is 17.1 Å². The molecular formula is C15H20ClN3O2. The summed E-state index contributed by atoms with van der Waals surface area (Å²) in [7, 11) is 0. The number of nitrogens with two attached hydrogens (primary N) is 1. The summed E-state index contributed by atoms with van der Waals surface area (Å²) in [6.45, 7) is 4.63. The van der Waals surface area contributed by atoms with Crippen molar-refractivity contribution >= 4 is 11.6 Å². The highest BCUT2D eigenvalue weighted by atomic mass is 35.5. The molecule has 1 aromatic heterocycles. The number of nitrogens with zero attached hydrogens (tertiary/aromatic N) is 2. The first-order valence-corrected chi connectivity index (χ1v) is 7.50. The van der Waals surface area contributed by atoms with Crippen LogP contribution in [0.1, 0.15) is 56.1 Å². The van der Waals surface area contributed by atoms with Crippen LogP contribution in [0.5, 0.6) is 0 Å². The van der Waals surface area contributed by atoms with Crippen LogP contribution in [0.25, 0.3) is 0 Å². The average Bonchev–Trinajstić information content (AvgIpc) is 2.96. The third kappa shape index (κ3) is 3.81. The van der Waals surface area contributed by atoms with Crippen molar-refractivity contribution in [3.05, 3.63) is 46.6 Å². The maximum absolute atomic E-state index is 6.16. The Labute approximate surface area is 129 Å². The van der Waals surface area contributed by atoms with Gasteiger partial charge in [0.05, 0.1) is 0 Å². The van der Waals surface area contributed by atoms with Crippen LogP contribution in [-0.4, -0.2) is 16.7 Å². The number of aromatic nitrogens is 2. The third-order valence-corrected chi connectivity index (χ3v) is 3.51. The monoisotopic (exact) mass is 309 g/mol. The summed E-state index contributed by atoms with van der Waals surface area (Å²) in [5, 5.41) is 4.58. The second-order valence-electron chi connectivity index (χ2n) is 4.72. The van der Waals surface area contributed by atoms with E-state index in [1.54, 1.807) is 6.07 Å². The molecule has 5 nitrogen and oxygen atoms in total. The summed E-state index contributed by atoms with van der Waals surface area (Å²) in [5.41, 5.74) is 6.92. The summed E-state index contributed by atoms with van der Waals surface area (Å²) in [6, 6.07) is 6.82. The van der Waals surface area contributed by atoms with Gasteiger partial charge in [-0.05, 0) is 25.0 Å². The Kier molecular flexibility index (Phi) is 5.73. The Morgan fingerprint density at radius 3 is 2.76 bits per heavy atom. The van der Waals surface area contributed by atoms with E-state index >= 15 is 0 Å². The van der Waals surface area contributed by atoms with Gasteiger partial charge >= 0.3 is 0 Å². The van der Waals surface area contributed by atoms with Crippen molar-refractivity contribution in [2.75, 3.05) is 6.61 Å². The van der Waals surface area contributed by atoms with Gasteiger partial charge in [-0.2, -0.15) is 4.98 Å². The molecule has 21 heavy (non-hydrogen) atoms. The molecule has 0 aliphatic rings. The van der Waals surface area contributed by atoms with Crippen LogP contribution >= 0.6 is 11.6 Å². The minimum atomic E-state index is -0.538. The van der Waals surface area contributed by atoms with E-state index in [9.17, 15) is 0 Å². The number of halogens is 1. The molecule has 1 unspecified atom stereocenters. The first-order valence-electron chi connectivity index (χ1n) is 7.12. The summed E-state index contributed by atoms with van der Waals surface area (Å²) in [6.07, 6.45) is 1.66. The molecule has 0 amide bonds.